The van der Waals surface area contributed by atoms with Crippen LogP contribution < -0.4 is 15.5 Å². The highest BCUT2D eigenvalue weighted by atomic mass is 16.5. The number of hydrogen-bond acceptors (Lipinski definition) is 4. The molecule has 3 aromatic carbocycles. The molecule has 2 N–H and O–H groups in total. The number of aromatic nitrogens is 1. The number of benzene rings is 3. The van der Waals surface area contributed by atoms with E-state index in [-0.39, 0.29) is 18.9 Å². The first-order valence-corrected chi connectivity index (χ1v) is 10.9. The standard InChI is InChI=1S/C26H26N4O3/c1-3-30-23-12-8-7-11-21(23)22-16-19(13-14-24(22)30)27-25(31)15-18(2)28-29-26(32)17-33-20-9-5-4-6-10-20/h4-14,16H,3,15,17H2,1-2H3,(H,27,31)(H,29,32)/b28-18+. The van der Waals surface area contributed by atoms with E-state index in [9.17, 15) is 9.59 Å². The summed E-state index contributed by atoms with van der Waals surface area (Å²) in [5, 5.41) is 9.18. The average molecular weight is 443 g/mol. The highest BCUT2D eigenvalue weighted by Crippen LogP contribution is 2.31. The Balaban J connectivity index is 1.36. The minimum absolute atomic E-state index is 0.0641. The monoisotopic (exact) mass is 442 g/mol. The van der Waals surface area contributed by atoms with Crippen LogP contribution in [-0.2, 0) is 16.1 Å². The van der Waals surface area contributed by atoms with E-state index in [1.165, 1.54) is 5.52 Å². The Morgan fingerprint density at radius 2 is 1.64 bits per heavy atom. The van der Waals surface area contributed by atoms with Crippen molar-refractivity contribution in [1.82, 2.24) is 9.99 Å². The fourth-order valence-corrected chi connectivity index (χ4v) is 3.80. The van der Waals surface area contributed by atoms with Crippen LogP contribution in [0.4, 0.5) is 5.69 Å². The minimum atomic E-state index is -0.392. The van der Waals surface area contributed by atoms with Gasteiger partial charge in [0.05, 0.1) is 6.42 Å². The summed E-state index contributed by atoms with van der Waals surface area (Å²) in [6.07, 6.45) is 0.0641. The fraction of sp³-hybridized carbons (Fsp3) is 0.192. The van der Waals surface area contributed by atoms with Crippen LogP contribution in [0.2, 0.25) is 0 Å². The third kappa shape index (κ3) is 5.20. The molecule has 1 heterocycles. The van der Waals surface area contributed by atoms with E-state index in [4.69, 9.17) is 4.74 Å². The maximum absolute atomic E-state index is 12.5. The molecule has 4 rings (SSSR count). The Morgan fingerprint density at radius 1 is 0.909 bits per heavy atom. The molecule has 0 radical (unpaired) electrons. The number of aryl methyl sites for hydroxylation is 1. The van der Waals surface area contributed by atoms with Gasteiger partial charge in [-0.2, -0.15) is 5.10 Å². The van der Waals surface area contributed by atoms with Crippen LogP contribution in [0.3, 0.4) is 0 Å². The molecular formula is C26H26N4O3. The van der Waals surface area contributed by atoms with Gasteiger partial charge in [-0.05, 0) is 50.2 Å². The van der Waals surface area contributed by atoms with Gasteiger partial charge in [-0.25, -0.2) is 5.43 Å². The van der Waals surface area contributed by atoms with E-state index in [1.807, 2.05) is 48.5 Å². The van der Waals surface area contributed by atoms with Crippen LogP contribution in [0.5, 0.6) is 5.75 Å². The second-order valence-corrected chi connectivity index (χ2v) is 7.70. The number of nitrogens with one attached hydrogen (secondary N) is 2. The molecule has 0 aliphatic carbocycles. The zero-order valence-corrected chi connectivity index (χ0v) is 18.7. The lowest BCUT2D eigenvalue weighted by atomic mass is 10.1. The molecule has 33 heavy (non-hydrogen) atoms. The Bertz CT molecular complexity index is 1330. The molecule has 0 saturated heterocycles. The molecule has 7 nitrogen and oxygen atoms in total. The molecule has 0 aliphatic rings. The van der Waals surface area contributed by atoms with Gasteiger partial charge in [-0.3, -0.25) is 9.59 Å². The van der Waals surface area contributed by atoms with Crippen LogP contribution in [0.25, 0.3) is 21.8 Å². The number of fused-ring (bicyclic) bond motifs is 3. The number of anilines is 1. The minimum Gasteiger partial charge on any atom is -0.484 e. The SMILES string of the molecule is CCn1c2ccccc2c2cc(NC(=O)C/C(C)=N/NC(=O)COc3ccccc3)ccc21. The summed E-state index contributed by atoms with van der Waals surface area (Å²) in [5.74, 6) is 0.00717. The lowest BCUT2D eigenvalue weighted by Gasteiger charge is -2.07. The quantitative estimate of drug-likeness (QED) is 0.306. The average Bonchev–Trinajstić information content (AvgIpc) is 3.15. The van der Waals surface area contributed by atoms with Crippen LogP contribution in [0, 0.1) is 0 Å². The lowest BCUT2D eigenvalue weighted by molar-refractivity contribution is -0.123. The van der Waals surface area contributed by atoms with E-state index in [2.05, 4.69) is 39.5 Å². The van der Waals surface area contributed by atoms with Gasteiger partial charge < -0.3 is 14.6 Å². The molecule has 0 saturated carbocycles. The summed E-state index contributed by atoms with van der Waals surface area (Å²) >= 11 is 0. The van der Waals surface area contributed by atoms with Crippen molar-refractivity contribution in [1.29, 1.82) is 0 Å². The predicted molar refractivity (Wildman–Crippen MR) is 132 cm³/mol. The predicted octanol–water partition coefficient (Wildman–Crippen LogP) is 4.71. The number of rotatable bonds is 8. The Morgan fingerprint density at radius 3 is 2.42 bits per heavy atom. The first kappa shape index (κ1) is 22.1. The lowest BCUT2D eigenvalue weighted by Crippen LogP contribution is -2.26. The van der Waals surface area contributed by atoms with Gasteiger partial charge in [0.2, 0.25) is 5.91 Å². The number of carbonyl (C=O) groups is 2. The van der Waals surface area contributed by atoms with Crippen molar-refractivity contribution < 1.29 is 14.3 Å². The molecule has 4 aromatic rings. The zero-order valence-electron chi connectivity index (χ0n) is 18.7. The van der Waals surface area contributed by atoms with E-state index in [0.717, 1.165) is 28.5 Å². The Kier molecular flexibility index (Phi) is 6.69. The van der Waals surface area contributed by atoms with Crippen LogP contribution in [0.1, 0.15) is 20.3 Å². The molecule has 168 valence electrons. The van der Waals surface area contributed by atoms with Crippen molar-refractivity contribution in [3.63, 3.8) is 0 Å². The van der Waals surface area contributed by atoms with Gasteiger partial charge in [0.1, 0.15) is 5.75 Å². The number of ether oxygens (including phenoxy) is 1. The number of nitrogens with zero attached hydrogens (tertiary/aromatic N) is 2. The number of amides is 2. The molecular weight excluding hydrogens is 416 g/mol. The Hall–Kier alpha value is -4.13. The normalized spacial score (nSPS) is 11.5. The maximum Gasteiger partial charge on any atom is 0.277 e. The third-order valence-electron chi connectivity index (χ3n) is 5.27. The molecule has 0 unspecified atom stereocenters. The van der Waals surface area contributed by atoms with Gasteiger partial charge in [0.25, 0.3) is 5.91 Å². The molecule has 0 bridgehead atoms. The highest BCUT2D eigenvalue weighted by Gasteiger charge is 2.11. The molecule has 0 aliphatic heterocycles. The third-order valence-corrected chi connectivity index (χ3v) is 5.27. The van der Waals surface area contributed by atoms with Crippen molar-refractivity contribution >= 4 is 45.0 Å². The summed E-state index contributed by atoms with van der Waals surface area (Å²) in [7, 11) is 0. The second kappa shape index (κ2) is 9.99. The molecule has 2 amide bonds. The summed E-state index contributed by atoms with van der Waals surface area (Å²) < 4.78 is 7.63. The molecule has 0 fully saturated rings. The van der Waals surface area contributed by atoms with E-state index >= 15 is 0 Å². The topological polar surface area (TPSA) is 84.7 Å². The van der Waals surface area contributed by atoms with E-state index < -0.39 is 5.91 Å². The van der Waals surface area contributed by atoms with Crippen molar-refractivity contribution in [2.75, 3.05) is 11.9 Å². The summed E-state index contributed by atoms with van der Waals surface area (Å²) in [6, 6.07) is 23.2. The molecule has 0 atom stereocenters. The number of hydrogen-bond donors (Lipinski definition) is 2. The van der Waals surface area contributed by atoms with Gasteiger partial charge in [-0.1, -0.05) is 36.4 Å². The number of para-hydroxylation sites is 2. The molecule has 0 spiro atoms. The van der Waals surface area contributed by atoms with Gasteiger partial charge in [-0.15, -0.1) is 0 Å². The van der Waals surface area contributed by atoms with E-state index in [1.54, 1.807) is 19.1 Å². The Labute approximate surface area is 192 Å². The van der Waals surface area contributed by atoms with Crippen molar-refractivity contribution in [3.8, 4) is 5.75 Å². The maximum atomic E-state index is 12.5. The number of carbonyl (C=O) groups excluding carboxylic acids is 2. The highest BCUT2D eigenvalue weighted by molar-refractivity contribution is 6.11. The smallest absolute Gasteiger partial charge is 0.277 e. The van der Waals surface area contributed by atoms with Crippen LogP contribution in [0.15, 0.2) is 77.9 Å². The molecule has 7 heteroatoms. The first-order valence-electron chi connectivity index (χ1n) is 10.9. The van der Waals surface area contributed by atoms with Crippen LogP contribution in [-0.4, -0.2) is 28.7 Å². The second-order valence-electron chi connectivity index (χ2n) is 7.70. The van der Waals surface area contributed by atoms with Crippen molar-refractivity contribution in [2.45, 2.75) is 26.8 Å². The summed E-state index contributed by atoms with van der Waals surface area (Å²) in [6.45, 7) is 4.53. The van der Waals surface area contributed by atoms with Crippen LogP contribution >= 0.6 is 0 Å². The zero-order chi connectivity index (χ0) is 23.2. The summed E-state index contributed by atoms with van der Waals surface area (Å²) in [4.78, 5) is 24.4. The van der Waals surface area contributed by atoms with E-state index in [0.29, 0.717) is 11.5 Å². The van der Waals surface area contributed by atoms with Gasteiger partial charge in [0.15, 0.2) is 6.61 Å². The van der Waals surface area contributed by atoms with Gasteiger partial charge in [0, 0.05) is 39.7 Å². The van der Waals surface area contributed by atoms with Crippen molar-refractivity contribution in [2.24, 2.45) is 5.10 Å². The molecule has 1 aromatic heterocycles. The van der Waals surface area contributed by atoms with Gasteiger partial charge >= 0.3 is 0 Å². The first-order chi connectivity index (χ1) is 16.0. The fourth-order valence-electron chi connectivity index (χ4n) is 3.80. The largest absolute Gasteiger partial charge is 0.484 e. The van der Waals surface area contributed by atoms with Crippen molar-refractivity contribution in [3.05, 3.63) is 72.8 Å². The number of hydrazone groups is 1. The summed E-state index contributed by atoms with van der Waals surface area (Å²) in [5.41, 5.74) is 5.94.